The highest BCUT2D eigenvalue weighted by Gasteiger charge is 2.49. The van der Waals surface area contributed by atoms with Gasteiger partial charge in [-0.3, -0.25) is 86.5 Å². The summed E-state index contributed by atoms with van der Waals surface area (Å²) in [5.74, 6) is -18.6. The lowest BCUT2D eigenvalue weighted by Crippen LogP contribution is -2.64. The molecule has 5 aliphatic rings. The number of carboxylic acid groups (broad SMARTS) is 1. The standard InChI is InChI=1S/C80H135N19O23S2/c1-13-44(4)60-72(114)92-53-43-123-124-80(11,12)63(74(116)95-62(46(6)15-3)77(119)98-31-18-22-54(98)70(112)88-49(39-59(104)105)65(107)84-28-20-33-120-35-37-122-38-36-121-34-29-83-57(102)25-26-58(103)86-47(7)64(106)93-60)96-73(115)61(45(5)14-2)94-71(113)55-23-17-30-97(55)76(118)56-24-19-32-99(56)75(117)50(40-79(8,9)10)89-68(110)52(42-101)90-66(108)48(21-16-27-85-78(81)82)87-67(109)51(41-100)91-69(53)111/h44-56,60-63,100-101H,13-43H2,1-12H3,(H,83,102)(H,84,107)(H,86,103)(H,87,109)(H,88,112)(H,89,110)(H,90,108)(H,91,111)(H,92,114)(H,93,106)(H,94,113)(H,95,116)(H,96,115)(H,104,105)(H4,81,82,85)/t44-,45-,46-,47-,48-,49-,50-,51-,52-,53-,54-,55-,56-,60-,61-,62-,63+/m0/s1. The molecule has 2 bridgehead atoms. The fourth-order valence-corrected chi connectivity index (χ4v) is 17.4. The molecule has 44 heteroatoms. The normalized spacial score (nSPS) is 28.9. The molecule has 5 saturated heterocycles. The molecule has 0 aliphatic carbocycles. The molecular formula is C80H135N19O23S2. The average molecular weight is 1800 g/mol. The van der Waals surface area contributed by atoms with Crippen molar-refractivity contribution in [2.45, 2.75) is 275 Å². The lowest BCUT2D eigenvalue weighted by atomic mass is 9.87. The van der Waals surface area contributed by atoms with Crippen LogP contribution in [-0.4, -0.2) is 324 Å². The van der Waals surface area contributed by atoms with E-state index < -0.39 is 238 Å². The first-order valence-electron chi connectivity index (χ1n) is 42.9. The monoisotopic (exact) mass is 1790 g/mol. The molecule has 5 rings (SSSR count). The lowest BCUT2D eigenvalue weighted by molar-refractivity contribution is -0.148. The Bertz CT molecular complexity index is 3710. The topological polar surface area (TPSA) is 609 Å². The van der Waals surface area contributed by atoms with Crippen molar-refractivity contribution >= 4 is 128 Å². The maximum absolute atomic E-state index is 15.9. The van der Waals surface area contributed by atoms with Gasteiger partial charge in [0.25, 0.3) is 0 Å². The first kappa shape index (κ1) is 105. The number of nitrogens with zero attached hydrogens (tertiary/aromatic N) is 4. The fourth-order valence-electron chi connectivity index (χ4n) is 14.6. The molecule has 16 amide bonds. The predicted octanol–water partition coefficient (Wildman–Crippen LogP) is -3.96. The van der Waals surface area contributed by atoms with Crippen molar-refractivity contribution in [2.75, 3.05) is 97.9 Å². The van der Waals surface area contributed by atoms with Crippen LogP contribution in [0.1, 0.15) is 186 Å². The number of fused-ring (bicyclic) bond motifs is 8. The molecule has 5 heterocycles. The Hall–Kier alpha value is -9.24. The number of rotatable bonds is 15. The van der Waals surface area contributed by atoms with Gasteiger partial charge in [0.1, 0.15) is 84.6 Å². The van der Waals surface area contributed by atoms with Crippen LogP contribution in [0.25, 0.3) is 0 Å². The summed E-state index contributed by atoms with van der Waals surface area (Å²) in [6.45, 7) is 18.5. The van der Waals surface area contributed by atoms with Crippen LogP contribution in [0.5, 0.6) is 0 Å². The number of aliphatic carboxylic acids is 1. The van der Waals surface area contributed by atoms with Crippen LogP contribution >= 0.6 is 21.6 Å². The van der Waals surface area contributed by atoms with Crippen LogP contribution < -0.4 is 80.6 Å². The van der Waals surface area contributed by atoms with Gasteiger partial charge >= 0.3 is 5.97 Å². The summed E-state index contributed by atoms with van der Waals surface area (Å²) in [5.41, 5.74) is 10.5. The van der Waals surface area contributed by atoms with Crippen molar-refractivity contribution in [1.29, 1.82) is 0 Å². The van der Waals surface area contributed by atoms with Gasteiger partial charge in [-0.15, -0.1) is 0 Å². The van der Waals surface area contributed by atoms with Gasteiger partial charge in [0.05, 0.1) is 52.7 Å². The molecule has 0 aromatic carbocycles. The highest BCUT2D eigenvalue weighted by molar-refractivity contribution is 8.77. The number of carbonyl (C=O) groups excluding carboxylic acids is 16. The van der Waals surface area contributed by atoms with E-state index in [9.17, 15) is 58.5 Å². The van der Waals surface area contributed by atoms with Crippen molar-refractivity contribution in [3.8, 4) is 0 Å². The molecule has 0 aromatic heterocycles. The number of nitrogens with two attached hydrogens (primary N) is 2. The SMILES string of the molecule is CC[C@H](C)[C@@H]1NC(=O)[C@H](C)NC(=O)CCC(=O)NCCOCCOCCOCCCNC(=O)[C@H](CC(=O)O)NC(=O)[C@@H]2CCCN2C(=O)[C@H]([C@@H](C)CC)NC(=O)[C@H]2NC(=O)[C@H]([C@@H](C)CC)NC(=O)[C@@H]3CCCN3C(=O)[C@@H]3CCCN3C(=O)[C@H](CC(C)(C)C)NC(=O)[C@H](CO)NC(=O)[C@H](CCCN=C(N)N)NC(=O)[C@H](CO)NC(=O)[C@H](CSSC2(C)C)NC1=O. The third-order valence-electron chi connectivity index (χ3n) is 22.3. The van der Waals surface area contributed by atoms with Gasteiger partial charge in [0.2, 0.25) is 94.5 Å². The molecule has 5 fully saturated rings. The summed E-state index contributed by atoms with van der Waals surface area (Å²) in [7, 11) is 1.68. The van der Waals surface area contributed by atoms with E-state index in [1.165, 1.54) is 35.5 Å². The Kier molecular flexibility index (Phi) is 44.2. The largest absolute Gasteiger partial charge is 0.481 e. The predicted molar refractivity (Wildman–Crippen MR) is 456 cm³/mol. The van der Waals surface area contributed by atoms with E-state index in [-0.39, 0.29) is 168 Å². The number of carbonyl (C=O) groups is 17. The number of hydrogen-bond donors (Lipinski definition) is 18. The molecule has 0 aromatic rings. The van der Waals surface area contributed by atoms with Gasteiger partial charge in [-0.05, 0) is 108 Å². The molecule has 0 spiro atoms. The maximum Gasteiger partial charge on any atom is 0.305 e. The molecule has 124 heavy (non-hydrogen) atoms. The first-order chi connectivity index (χ1) is 58.6. The van der Waals surface area contributed by atoms with Crippen LogP contribution in [0.4, 0.5) is 0 Å². The summed E-state index contributed by atoms with van der Waals surface area (Å²) in [6, 6.07) is -21.4. The highest BCUT2D eigenvalue weighted by Crippen LogP contribution is 2.40. The average Bonchev–Trinajstić information content (AvgIpc) is 1.63. The zero-order chi connectivity index (χ0) is 92.3. The minimum atomic E-state index is -1.98. The summed E-state index contributed by atoms with van der Waals surface area (Å²) < 4.78 is 15.0. The number of aliphatic hydroxyl groups excluding tert-OH is 2. The van der Waals surface area contributed by atoms with Crippen LogP contribution in [-0.2, 0) is 95.7 Å². The minimum Gasteiger partial charge on any atom is -0.481 e. The Morgan fingerprint density at radius 2 is 0.968 bits per heavy atom. The number of aliphatic hydroxyl groups is 2. The summed E-state index contributed by atoms with van der Waals surface area (Å²) >= 11 is 0. The number of guanidine groups is 1. The Morgan fingerprint density at radius 1 is 0.500 bits per heavy atom. The van der Waals surface area contributed by atoms with Gasteiger partial charge in [-0.25, -0.2) is 0 Å². The van der Waals surface area contributed by atoms with Crippen LogP contribution in [0, 0.1) is 23.2 Å². The van der Waals surface area contributed by atoms with E-state index in [2.05, 4.69) is 74.1 Å². The third-order valence-corrected chi connectivity index (χ3v) is 25.6. The molecule has 700 valence electrons. The Labute approximate surface area is 732 Å². The molecule has 20 N–H and O–H groups in total. The molecule has 0 radical (unpaired) electrons. The second kappa shape index (κ2) is 52.0. The van der Waals surface area contributed by atoms with Crippen molar-refractivity contribution in [1.82, 2.24) is 83.8 Å². The van der Waals surface area contributed by atoms with E-state index in [1.807, 2.05) is 0 Å². The van der Waals surface area contributed by atoms with Crippen LogP contribution in [0.2, 0.25) is 0 Å². The van der Waals surface area contributed by atoms with Gasteiger partial charge in [0.15, 0.2) is 5.96 Å². The second-order valence-electron chi connectivity index (χ2n) is 33.8. The first-order valence-corrected chi connectivity index (χ1v) is 45.3. The van der Waals surface area contributed by atoms with Gasteiger partial charge in [-0.1, -0.05) is 103 Å². The maximum atomic E-state index is 15.9. The number of ether oxygens (including phenoxy) is 3. The molecular weight excluding hydrogens is 1660 g/mol. The number of nitrogens with one attached hydrogen (secondary N) is 13. The van der Waals surface area contributed by atoms with Gasteiger partial charge in [0, 0.05) is 69.2 Å². The Morgan fingerprint density at radius 3 is 1.52 bits per heavy atom. The molecule has 0 unspecified atom stereocenters. The van der Waals surface area contributed by atoms with E-state index in [0.717, 1.165) is 21.6 Å². The van der Waals surface area contributed by atoms with Gasteiger partial charge < -0.3 is 125 Å². The summed E-state index contributed by atoms with van der Waals surface area (Å²) in [4.78, 5) is 254. The zero-order valence-electron chi connectivity index (χ0n) is 73.5. The van der Waals surface area contributed by atoms with Gasteiger partial charge in [-0.2, -0.15) is 0 Å². The van der Waals surface area contributed by atoms with Crippen molar-refractivity contribution < 1.29 is 111 Å². The van der Waals surface area contributed by atoms with Crippen molar-refractivity contribution in [2.24, 2.45) is 39.6 Å². The molecule has 17 atom stereocenters. The third kappa shape index (κ3) is 33.3. The van der Waals surface area contributed by atoms with Crippen LogP contribution in [0.3, 0.4) is 0 Å². The number of hydrogen-bond acceptors (Lipinski definition) is 25. The lowest BCUT2D eigenvalue weighted by Gasteiger charge is -2.37. The van der Waals surface area contributed by atoms with Crippen molar-refractivity contribution in [3.63, 3.8) is 0 Å². The minimum absolute atomic E-state index is 0.0106. The smallest absolute Gasteiger partial charge is 0.305 e. The molecule has 5 aliphatic heterocycles. The summed E-state index contributed by atoms with van der Waals surface area (Å²) in [6.07, 6.45) is 0.280. The summed E-state index contributed by atoms with van der Waals surface area (Å²) in [5, 5.41) is 66.0. The zero-order valence-corrected chi connectivity index (χ0v) is 75.1. The quantitative estimate of drug-likeness (QED) is 0.0322. The second-order valence-corrected chi connectivity index (χ2v) is 36.8. The van der Waals surface area contributed by atoms with Crippen molar-refractivity contribution in [3.05, 3.63) is 0 Å². The molecule has 42 nitrogen and oxygen atoms in total. The van der Waals surface area contributed by atoms with E-state index in [4.69, 9.17) is 25.7 Å². The van der Waals surface area contributed by atoms with E-state index in [0.29, 0.717) is 12.8 Å². The van der Waals surface area contributed by atoms with E-state index >= 15 is 38.4 Å². The highest BCUT2D eigenvalue weighted by atomic mass is 33.1. The Balaban J connectivity index is 1.70. The molecule has 0 saturated carbocycles. The number of carboxylic acids is 1. The number of aliphatic imine (C=N–C) groups is 1. The fraction of sp³-hybridized carbons (Fsp3) is 0.775. The van der Waals surface area contributed by atoms with Crippen LogP contribution in [0.15, 0.2) is 4.99 Å². The van der Waals surface area contributed by atoms with E-state index in [1.54, 1.807) is 62.3 Å². The number of amides is 16.